The topological polar surface area (TPSA) is 77.2 Å². The van der Waals surface area contributed by atoms with Gasteiger partial charge in [0.2, 0.25) is 17.6 Å². The van der Waals surface area contributed by atoms with E-state index in [-0.39, 0.29) is 24.1 Å². The van der Waals surface area contributed by atoms with Gasteiger partial charge in [-0.25, -0.2) is 4.39 Å². The van der Waals surface area contributed by atoms with Crippen LogP contribution in [0.4, 0.5) is 4.39 Å². The molecule has 1 aromatic heterocycles. The average Bonchev–Trinajstić information content (AvgIpc) is 3.23. The molecule has 0 aliphatic heterocycles. The van der Waals surface area contributed by atoms with E-state index in [1.807, 2.05) is 38.1 Å². The molecule has 0 saturated heterocycles. The van der Waals surface area contributed by atoms with Crippen LogP contribution in [0.2, 0.25) is 0 Å². The third-order valence-electron chi connectivity index (χ3n) is 4.84. The number of halogens is 1. The molecule has 0 aliphatic rings. The molecule has 29 heavy (non-hydrogen) atoms. The highest BCUT2D eigenvalue weighted by Crippen LogP contribution is 2.27. The lowest BCUT2D eigenvalue weighted by molar-refractivity contribution is -0.121. The van der Waals surface area contributed by atoms with Crippen LogP contribution in [-0.4, -0.2) is 23.2 Å². The number of ether oxygens (including phenoxy) is 1. The molecule has 0 radical (unpaired) electrons. The average molecular weight is 397 g/mol. The Morgan fingerprint density at radius 1 is 1.24 bits per heavy atom. The van der Waals surface area contributed by atoms with Crippen molar-refractivity contribution in [2.75, 3.05) is 7.11 Å². The fraction of sp³-hybridized carbons (Fsp3) is 0.318. The van der Waals surface area contributed by atoms with Crippen molar-refractivity contribution in [1.82, 2.24) is 15.5 Å². The van der Waals surface area contributed by atoms with E-state index in [4.69, 9.17) is 9.26 Å². The molecule has 3 aromatic rings. The summed E-state index contributed by atoms with van der Waals surface area (Å²) in [6.45, 7) is 4.04. The van der Waals surface area contributed by atoms with Gasteiger partial charge in [-0.15, -0.1) is 0 Å². The molecule has 2 atom stereocenters. The van der Waals surface area contributed by atoms with Gasteiger partial charge in [-0.3, -0.25) is 4.79 Å². The Kier molecular flexibility index (Phi) is 6.59. The second kappa shape index (κ2) is 9.32. The van der Waals surface area contributed by atoms with Crippen molar-refractivity contribution in [3.05, 3.63) is 65.8 Å². The minimum Gasteiger partial charge on any atom is -0.497 e. The SMILES string of the molecule is CC[C@H](C)[C@H](NC(=O)Cc1ccc(F)cc1)c1nc(-c2cccc(OC)c2)no1. The van der Waals surface area contributed by atoms with E-state index in [0.717, 1.165) is 17.5 Å². The predicted molar refractivity (Wildman–Crippen MR) is 107 cm³/mol. The van der Waals surface area contributed by atoms with E-state index in [1.54, 1.807) is 19.2 Å². The first-order chi connectivity index (χ1) is 14.0. The summed E-state index contributed by atoms with van der Waals surface area (Å²) in [6.07, 6.45) is 0.961. The largest absolute Gasteiger partial charge is 0.497 e. The summed E-state index contributed by atoms with van der Waals surface area (Å²) in [5.74, 6) is 1.04. The molecule has 0 fully saturated rings. The molecule has 0 spiro atoms. The van der Waals surface area contributed by atoms with Crippen LogP contribution in [0.5, 0.6) is 5.75 Å². The number of benzene rings is 2. The molecule has 3 rings (SSSR count). The van der Waals surface area contributed by atoms with E-state index in [9.17, 15) is 9.18 Å². The monoisotopic (exact) mass is 397 g/mol. The van der Waals surface area contributed by atoms with E-state index in [2.05, 4.69) is 15.5 Å². The Morgan fingerprint density at radius 3 is 2.69 bits per heavy atom. The number of nitrogens with zero attached hydrogens (tertiary/aromatic N) is 2. The van der Waals surface area contributed by atoms with E-state index < -0.39 is 6.04 Å². The maximum Gasteiger partial charge on any atom is 0.249 e. The molecule has 2 aromatic carbocycles. The number of rotatable bonds is 8. The normalized spacial score (nSPS) is 13.0. The summed E-state index contributed by atoms with van der Waals surface area (Å²) in [7, 11) is 1.59. The maximum absolute atomic E-state index is 13.1. The Labute approximate surface area is 169 Å². The van der Waals surface area contributed by atoms with Gasteiger partial charge in [0.25, 0.3) is 0 Å². The predicted octanol–water partition coefficient (Wildman–Crippen LogP) is 4.33. The van der Waals surface area contributed by atoms with Crippen molar-refractivity contribution < 1.29 is 18.4 Å². The minimum atomic E-state index is -0.417. The van der Waals surface area contributed by atoms with Crippen LogP contribution < -0.4 is 10.1 Å². The molecule has 0 bridgehead atoms. The fourth-order valence-electron chi connectivity index (χ4n) is 2.94. The van der Waals surface area contributed by atoms with Crippen molar-refractivity contribution >= 4 is 5.91 Å². The number of carbonyl (C=O) groups excluding carboxylic acids is 1. The minimum absolute atomic E-state index is 0.0887. The van der Waals surface area contributed by atoms with Crippen molar-refractivity contribution in [2.45, 2.75) is 32.7 Å². The highest BCUT2D eigenvalue weighted by Gasteiger charge is 2.26. The van der Waals surface area contributed by atoms with Crippen LogP contribution in [0.3, 0.4) is 0 Å². The van der Waals surface area contributed by atoms with Gasteiger partial charge in [-0.1, -0.05) is 49.7 Å². The van der Waals surface area contributed by atoms with Gasteiger partial charge < -0.3 is 14.6 Å². The molecule has 1 N–H and O–H groups in total. The zero-order valence-electron chi connectivity index (χ0n) is 16.7. The van der Waals surface area contributed by atoms with Gasteiger partial charge >= 0.3 is 0 Å². The molecule has 6 nitrogen and oxygen atoms in total. The lowest BCUT2D eigenvalue weighted by atomic mass is 9.98. The highest BCUT2D eigenvalue weighted by atomic mass is 19.1. The maximum atomic E-state index is 13.1. The van der Waals surface area contributed by atoms with Gasteiger partial charge in [0, 0.05) is 5.56 Å². The zero-order valence-corrected chi connectivity index (χ0v) is 16.7. The molecule has 1 heterocycles. The van der Waals surface area contributed by atoms with Crippen molar-refractivity contribution in [1.29, 1.82) is 0 Å². The number of hydrogen-bond donors (Lipinski definition) is 1. The first-order valence-electron chi connectivity index (χ1n) is 9.52. The third-order valence-corrected chi connectivity index (χ3v) is 4.84. The van der Waals surface area contributed by atoms with Gasteiger partial charge in [-0.05, 0) is 35.7 Å². The molecule has 0 unspecified atom stereocenters. The number of hydrogen-bond acceptors (Lipinski definition) is 5. The summed E-state index contributed by atoms with van der Waals surface area (Å²) in [4.78, 5) is 17.0. The number of aromatic nitrogens is 2. The van der Waals surface area contributed by atoms with Crippen molar-refractivity contribution in [3.63, 3.8) is 0 Å². The molecular formula is C22H24FN3O3. The van der Waals surface area contributed by atoms with Gasteiger partial charge in [-0.2, -0.15) is 4.98 Å². The third kappa shape index (κ3) is 5.19. The Balaban J connectivity index is 1.77. The van der Waals surface area contributed by atoms with Crippen LogP contribution in [0.15, 0.2) is 53.1 Å². The van der Waals surface area contributed by atoms with Gasteiger partial charge in [0.1, 0.15) is 17.6 Å². The number of carbonyl (C=O) groups is 1. The number of amides is 1. The lowest BCUT2D eigenvalue weighted by Crippen LogP contribution is -2.33. The van der Waals surface area contributed by atoms with Crippen LogP contribution in [0, 0.1) is 11.7 Å². The van der Waals surface area contributed by atoms with Gasteiger partial charge in [0.05, 0.1) is 13.5 Å². The van der Waals surface area contributed by atoms with E-state index in [0.29, 0.717) is 17.5 Å². The summed E-state index contributed by atoms with van der Waals surface area (Å²) >= 11 is 0. The Bertz CT molecular complexity index is 956. The van der Waals surface area contributed by atoms with E-state index >= 15 is 0 Å². The first-order valence-corrected chi connectivity index (χ1v) is 9.52. The van der Waals surface area contributed by atoms with Gasteiger partial charge in [0.15, 0.2) is 0 Å². The standard InChI is InChI=1S/C22H24FN3O3/c1-4-14(2)20(24-19(27)12-15-8-10-17(23)11-9-15)22-25-21(26-29-22)16-6-5-7-18(13-16)28-3/h5-11,13-14,20H,4,12H2,1-3H3,(H,24,27)/t14-,20-/m0/s1. The smallest absolute Gasteiger partial charge is 0.249 e. The quantitative estimate of drug-likeness (QED) is 0.612. The van der Waals surface area contributed by atoms with Crippen molar-refractivity contribution in [2.24, 2.45) is 5.92 Å². The van der Waals surface area contributed by atoms with E-state index in [1.165, 1.54) is 12.1 Å². The second-order valence-corrected chi connectivity index (χ2v) is 6.92. The summed E-state index contributed by atoms with van der Waals surface area (Å²) in [5, 5.41) is 7.05. The molecular weight excluding hydrogens is 373 g/mol. The first kappa shape index (κ1) is 20.5. The number of methoxy groups -OCH3 is 1. The van der Waals surface area contributed by atoms with Crippen molar-refractivity contribution in [3.8, 4) is 17.1 Å². The van der Waals surface area contributed by atoms with Crippen LogP contribution in [0.25, 0.3) is 11.4 Å². The highest BCUT2D eigenvalue weighted by molar-refractivity contribution is 5.79. The summed E-state index contributed by atoms with van der Waals surface area (Å²) < 4.78 is 23.8. The number of nitrogens with one attached hydrogen (secondary N) is 1. The molecule has 7 heteroatoms. The van der Waals surface area contributed by atoms with Crippen LogP contribution >= 0.6 is 0 Å². The summed E-state index contributed by atoms with van der Waals surface area (Å²) in [5.41, 5.74) is 1.49. The Morgan fingerprint density at radius 2 is 2.00 bits per heavy atom. The summed E-state index contributed by atoms with van der Waals surface area (Å²) in [6, 6.07) is 12.8. The fourth-order valence-corrected chi connectivity index (χ4v) is 2.94. The zero-order chi connectivity index (χ0) is 20.8. The molecule has 0 aliphatic carbocycles. The second-order valence-electron chi connectivity index (χ2n) is 6.92. The van der Waals surface area contributed by atoms with Crippen LogP contribution in [-0.2, 0) is 11.2 Å². The molecule has 0 saturated carbocycles. The molecule has 152 valence electrons. The van der Waals surface area contributed by atoms with Crippen LogP contribution in [0.1, 0.15) is 37.8 Å². The lowest BCUT2D eigenvalue weighted by Gasteiger charge is -2.20. The Hall–Kier alpha value is -3.22. The molecule has 1 amide bonds.